The lowest BCUT2D eigenvalue weighted by molar-refractivity contribution is -0.348. The third-order valence-electron chi connectivity index (χ3n) is 5.66. The predicted octanol–water partition coefficient (Wildman–Crippen LogP) is -0.815. The maximum atomic E-state index is 11.6. The number of esters is 1. The second-order valence-corrected chi connectivity index (χ2v) is 7.82. The van der Waals surface area contributed by atoms with Crippen molar-refractivity contribution in [1.82, 2.24) is 0 Å². The molecule has 0 bridgehead atoms. The van der Waals surface area contributed by atoms with Gasteiger partial charge < -0.3 is 48.8 Å². The highest BCUT2D eigenvalue weighted by Crippen LogP contribution is 2.31. The summed E-state index contributed by atoms with van der Waals surface area (Å²) in [5.74, 6) is -0.119. The molecule has 0 spiro atoms. The summed E-state index contributed by atoms with van der Waals surface area (Å²) < 4.78 is 33.1. The Bertz CT molecular complexity index is 757. The summed E-state index contributed by atoms with van der Waals surface area (Å²) in [5.41, 5.74) is 0.344. The Balaban J connectivity index is 1.76. The summed E-state index contributed by atoms with van der Waals surface area (Å²) in [6, 6.07) is 6.17. The SMILES string of the molecule is COC(=O)c1ccc(O[C@@H]2O[C@@H](C)[C@H](O)[C@@H](O[C@@H]3O[C@@H](C)[C@H](O)[C@@H](O)[C@H]3O)[C@H]2OC)cc1. The van der Waals surface area contributed by atoms with E-state index in [1.54, 1.807) is 19.1 Å². The van der Waals surface area contributed by atoms with Crippen LogP contribution in [0, 0.1) is 0 Å². The van der Waals surface area contributed by atoms with E-state index in [0.29, 0.717) is 11.3 Å². The van der Waals surface area contributed by atoms with Crippen molar-refractivity contribution in [2.45, 2.75) is 75.3 Å². The van der Waals surface area contributed by atoms with Crippen LogP contribution >= 0.6 is 0 Å². The van der Waals surface area contributed by atoms with Crippen molar-refractivity contribution < 1.29 is 53.6 Å². The average Bonchev–Trinajstić information content (AvgIpc) is 2.79. The molecule has 2 fully saturated rings. The number of benzene rings is 1. The molecule has 0 aliphatic carbocycles. The zero-order valence-corrected chi connectivity index (χ0v) is 18.2. The Hall–Kier alpha value is -1.83. The molecule has 0 saturated carbocycles. The fourth-order valence-corrected chi connectivity index (χ4v) is 3.69. The Morgan fingerprint density at radius 3 is 2.00 bits per heavy atom. The van der Waals surface area contributed by atoms with Gasteiger partial charge in [0.05, 0.1) is 24.9 Å². The van der Waals surface area contributed by atoms with Crippen molar-refractivity contribution in [1.29, 1.82) is 0 Å². The Kier molecular flexibility index (Phi) is 8.06. The molecule has 2 aliphatic heterocycles. The van der Waals surface area contributed by atoms with Crippen LogP contribution in [0.3, 0.4) is 0 Å². The van der Waals surface area contributed by atoms with Gasteiger partial charge in [-0.2, -0.15) is 0 Å². The number of aliphatic hydroxyl groups excluding tert-OH is 4. The Labute approximate surface area is 185 Å². The molecule has 32 heavy (non-hydrogen) atoms. The van der Waals surface area contributed by atoms with Gasteiger partial charge in [-0.3, -0.25) is 0 Å². The van der Waals surface area contributed by atoms with Crippen molar-refractivity contribution in [3.63, 3.8) is 0 Å². The second-order valence-electron chi connectivity index (χ2n) is 7.82. The number of hydrogen-bond acceptors (Lipinski definition) is 11. The molecule has 0 amide bonds. The fraction of sp³-hybridized carbons (Fsp3) is 0.667. The summed E-state index contributed by atoms with van der Waals surface area (Å²) in [6.07, 6.45) is -11.4. The molecule has 0 unspecified atom stereocenters. The van der Waals surface area contributed by atoms with Crippen molar-refractivity contribution >= 4 is 5.97 Å². The molecule has 2 heterocycles. The van der Waals surface area contributed by atoms with Crippen LogP contribution in [0.15, 0.2) is 24.3 Å². The van der Waals surface area contributed by atoms with Crippen LogP contribution in [0.25, 0.3) is 0 Å². The minimum atomic E-state index is -1.55. The number of hydrogen-bond donors (Lipinski definition) is 4. The smallest absolute Gasteiger partial charge is 0.337 e. The fourth-order valence-electron chi connectivity index (χ4n) is 3.69. The van der Waals surface area contributed by atoms with Crippen molar-refractivity contribution in [2.75, 3.05) is 14.2 Å². The van der Waals surface area contributed by atoms with Gasteiger partial charge >= 0.3 is 5.97 Å². The molecule has 2 aliphatic rings. The number of carbonyl (C=O) groups excluding carboxylic acids is 1. The highest BCUT2D eigenvalue weighted by atomic mass is 16.7. The molecule has 10 atom stereocenters. The molecule has 11 heteroatoms. The predicted molar refractivity (Wildman–Crippen MR) is 107 cm³/mol. The standard InChI is InChI=1S/C21H30O11/c1-9-13(22)15(24)16(25)20(29-9)32-17-14(23)10(2)30-21(18(17)27-3)31-12-7-5-11(6-8-12)19(26)28-4/h5-10,13-18,20-25H,1-4H3/t9-,10-,13-,14-,15+,16+,17+,18+,20-,21-/m0/s1. The molecule has 4 N–H and O–H groups in total. The van der Waals surface area contributed by atoms with E-state index in [9.17, 15) is 25.2 Å². The van der Waals surface area contributed by atoms with Gasteiger partial charge in [-0.05, 0) is 38.1 Å². The molecule has 11 nitrogen and oxygen atoms in total. The first-order valence-electron chi connectivity index (χ1n) is 10.2. The quantitative estimate of drug-likeness (QED) is 0.396. The highest BCUT2D eigenvalue weighted by Gasteiger charge is 2.50. The largest absolute Gasteiger partial charge is 0.465 e. The van der Waals surface area contributed by atoms with E-state index in [0.717, 1.165) is 0 Å². The Morgan fingerprint density at radius 2 is 1.41 bits per heavy atom. The van der Waals surface area contributed by atoms with Gasteiger partial charge in [-0.25, -0.2) is 4.79 Å². The van der Waals surface area contributed by atoms with E-state index in [1.165, 1.54) is 33.3 Å². The third-order valence-corrected chi connectivity index (χ3v) is 5.66. The van der Waals surface area contributed by atoms with E-state index in [2.05, 4.69) is 4.74 Å². The number of ether oxygens (including phenoxy) is 6. The van der Waals surface area contributed by atoms with Gasteiger partial charge in [0.25, 0.3) is 0 Å². The summed E-state index contributed by atoms with van der Waals surface area (Å²) in [4.78, 5) is 11.6. The van der Waals surface area contributed by atoms with Crippen LogP contribution in [-0.2, 0) is 23.7 Å². The van der Waals surface area contributed by atoms with E-state index in [-0.39, 0.29) is 0 Å². The van der Waals surface area contributed by atoms with Crippen LogP contribution in [-0.4, -0.2) is 102 Å². The van der Waals surface area contributed by atoms with Gasteiger partial charge in [-0.15, -0.1) is 0 Å². The van der Waals surface area contributed by atoms with Gasteiger partial charge in [0, 0.05) is 7.11 Å². The number of rotatable bonds is 6. The summed E-state index contributed by atoms with van der Waals surface area (Å²) in [7, 11) is 2.66. The zero-order chi connectivity index (χ0) is 23.6. The van der Waals surface area contributed by atoms with Crippen molar-refractivity contribution in [3.8, 4) is 5.75 Å². The van der Waals surface area contributed by atoms with Crippen molar-refractivity contribution in [3.05, 3.63) is 29.8 Å². The first kappa shape index (κ1) is 24.8. The molecule has 1 aromatic rings. The monoisotopic (exact) mass is 458 g/mol. The number of aliphatic hydroxyl groups is 4. The lowest BCUT2D eigenvalue weighted by Crippen LogP contribution is -2.64. The van der Waals surface area contributed by atoms with Gasteiger partial charge in [-0.1, -0.05) is 0 Å². The Morgan fingerprint density at radius 1 is 0.812 bits per heavy atom. The lowest BCUT2D eigenvalue weighted by atomic mass is 9.97. The van der Waals surface area contributed by atoms with Crippen LogP contribution in [0.2, 0.25) is 0 Å². The number of carbonyl (C=O) groups is 1. The average molecular weight is 458 g/mol. The molecule has 180 valence electrons. The topological polar surface area (TPSA) is 153 Å². The molecular formula is C21H30O11. The van der Waals surface area contributed by atoms with Crippen LogP contribution in [0.1, 0.15) is 24.2 Å². The minimum absolute atomic E-state index is 0.344. The van der Waals surface area contributed by atoms with Gasteiger partial charge in [0.2, 0.25) is 6.29 Å². The maximum absolute atomic E-state index is 11.6. The lowest BCUT2D eigenvalue weighted by Gasteiger charge is -2.46. The van der Waals surface area contributed by atoms with E-state index in [1.807, 2.05) is 0 Å². The first-order valence-corrected chi connectivity index (χ1v) is 10.2. The van der Waals surface area contributed by atoms with Crippen LogP contribution < -0.4 is 4.74 Å². The molecule has 1 aromatic carbocycles. The molecule has 0 aromatic heterocycles. The summed E-state index contributed by atoms with van der Waals surface area (Å²) >= 11 is 0. The highest BCUT2D eigenvalue weighted by molar-refractivity contribution is 5.89. The van der Waals surface area contributed by atoms with Crippen LogP contribution in [0.4, 0.5) is 0 Å². The maximum Gasteiger partial charge on any atom is 0.337 e. The van der Waals surface area contributed by atoms with Gasteiger partial charge in [0.1, 0.15) is 42.4 Å². The summed E-state index contributed by atoms with van der Waals surface area (Å²) in [5, 5.41) is 40.9. The molecule has 0 radical (unpaired) electrons. The first-order chi connectivity index (χ1) is 15.2. The minimum Gasteiger partial charge on any atom is -0.465 e. The van der Waals surface area contributed by atoms with E-state index >= 15 is 0 Å². The third kappa shape index (κ3) is 5.05. The molecule has 2 saturated heterocycles. The summed E-state index contributed by atoms with van der Waals surface area (Å²) in [6.45, 7) is 3.14. The van der Waals surface area contributed by atoms with Gasteiger partial charge in [0.15, 0.2) is 6.29 Å². The zero-order valence-electron chi connectivity index (χ0n) is 18.2. The van der Waals surface area contributed by atoms with Crippen molar-refractivity contribution in [2.24, 2.45) is 0 Å². The van der Waals surface area contributed by atoms with Crippen LogP contribution in [0.5, 0.6) is 5.75 Å². The second kappa shape index (κ2) is 10.4. The van der Waals surface area contributed by atoms with E-state index in [4.69, 9.17) is 23.7 Å². The number of methoxy groups -OCH3 is 2. The molecular weight excluding hydrogens is 428 g/mol. The van der Waals surface area contributed by atoms with E-state index < -0.39 is 67.4 Å². The molecule has 3 rings (SSSR count). The normalized spacial score (nSPS) is 40.0.